The Labute approximate surface area is 118 Å². The number of hydrogen-bond donors (Lipinski definition) is 1. The summed E-state index contributed by atoms with van der Waals surface area (Å²) in [7, 11) is 0. The van der Waals surface area contributed by atoms with Crippen LogP contribution in [0.1, 0.15) is 38.5 Å². The minimum absolute atomic E-state index is 0.364. The third kappa shape index (κ3) is 1.62. The molecule has 2 aromatic rings. The van der Waals surface area contributed by atoms with Gasteiger partial charge in [0.05, 0.1) is 0 Å². The van der Waals surface area contributed by atoms with Crippen LogP contribution in [0.25, 0.3) is 11.1 Å². The maximum atomic E-state index is 5.43. The third-order valence-corrected chi connectivity index (χ3v) is 5.78. The lowest BCUT2D eigenvalue weighted by Crippen LogP contribution is -2.54. The summed E-state index contributed by atoms with van der Waals surface area (Å²) in [6.07, 6.45) is 10.1. The summed E-state index contributed by atoms with van der Waals surface area (Å²) in [4.78, 5) is 4.19. The van der Waals surface area contributed by atoms with Crippen LogP contribution >= 0.6 is 0 Å². The molecule has 1 aromatic heterocycles. The number of fused-ring (bicyclic) bond motifs is 1. The minimum atomic E-state index is 0.364. The monoisotopic (exact) mass is 268 g/mol. The second-order valence-electron chi connectivity index (χ2n) is 7.36. The van der Waals surface area contributed by atoms with Gasteiger partial charge in [0.1, 0.15) is 5.52 Å². The van der Waals surface area contributed by atoms with Crippen molar-refractivity contribution in [3.63, 3.8) is 0 Å². The highest BCUT2D eigenvalue weighted by atomic mass is 16.3. The molecular formula is C17H20N2O. The van der Waals surface area contributed by atoms with Gasteiger partial charge in [0.2, 0.25) is 0 Å². The van der Waals surface area contributed by atoms with Gasteiger partial charge in [0.25, 0.3) is 0 Å². The van der Waals surface area contributed by atoms with Crippen LogP contribution in [0.4, 0.5) is 5.69 Å². The van der Waals surface area contributed by atoms with E-state index < -0.39 is 0 Å². The van der Waals surface area contributed by atoms with E-state index in [1.54, 1.807) is 0 Å². The summed E-state index contributed by atoms with van der Waals surface area (Å²) < 4.78 is 5.43. The van der Waals surface area contributed by atoms with Crippen LogP contribution in [0.15, 0.2) is 29.0 Å². The van der Waals surface area contributed by atoms with Gasteiger partial charge >= 0.3 is 0 Å². The van der Waals surface area contributed by atoms with Crippen molar-refractivity contribution in [2.75, 3.05) is 5.32 Å². The number of rotatable bonds is 2. The molecule has 0 aliphatic heterocycles. The van der Waals surface area contributed by atoms with Gasteiger partial charge in [-0.1, -0.05) is 0 Å². The molecule has 4 aliphatic rings. The van der Waals surface area contributed by atoms with Crippen LogP contribution in [0, 0.1) is 17.8 Å². The number of nitrogens with one attached hydrogen (secondary N) is 1. The molecule has 0 radical (unpaired) electrons. The van der Waals surface area contributed by atoms with Crippen molar-refractivity contribution in [1.82, 2.24) is 4.98 Å². The maximum Gasteiger partial charge on any atom is 0.181 e. The van der Waals surface area contributed by atoms with E-state index in [2.05, 4.69) is 28.5 Å². The van der Waals surface area contributed by atoms with Crippen LogP contribution in [0.2, 0.25) is 0 Å². The fourth-order valence-corrected chi connectivity index (χ4v) is 5.50. The van der Waals surface area contributed by atoms with Gasteiger partial charge in [0, 0.05) is 17.3 Å². The molecular weight excluding hydrogens is 248 g/mol. The zero-order chi connectivity index (χ0) is 13.2. The molecule has 0 atom stereocenters. The third-order valence-electron chi connectivity index (χ3n) is 5.78. The molecule has 3 heteroatoms. The summed E-state index contributed by atoms with van der Waals surface area (Å²) in [5, 5.41) is 3.88. The molecule has 1 heterocycles. The molecule has 0 spiro atoms. The van der Waals surface area contributed by atoms with Crippen molar-refractivity contribution in [3.8, 4) is 0 Å². The average Bonchev–Trinajstić information content (AvgIpc) is 2.83. The van der Waals surface area contributed by atoms with E-state index >= 15 is 0 Å². The van der Waals surface area contributed by atoms with Crippen molar-refractivity contribution in [1.29, 1.82) is 0 Å². The van der Waals surface area contributed by atoms with Crippen LogP contribution in [0.3, 0.4) is 0 Å². The van der Waals surface area contributed by atoms with Gasteiger partial charge in [-0.25, -0.2) is 4.98 Å². The van der Waals surface area contributed by atoms with Crippen LogP contribution in [-0.4, -0.2) is 10.5 Å². The summed E-state index contributed by atoms with van der Waals surface area (Å²) >= 11 is 0. The first kappa shape index (κ1) is 11.2. The van der Waals surface area contributed by atoms with Gasteiger partial charge in [0.15, 0.2) is 12.0 Å². The van der Waals surface area contributed by atoms with Crippen LogP contribution in [0.5, 0.6) is 0 Å². The molecule has 6 rings (SSSR count). The van der Waals surface area contributed by atoms with Crippen molar-refractivity contribution in [2.45, 2.75) is 44.1 Å². The van der Waals surface area contributed by atoms with E-state index in [1.807, 2.05) is 0 Å². The quantitative estimate of drug-likeness (QED) is 0.886. The summed E-state index contributed by atoms with van der Waals surface area (Å²) in [6, 6.07) is 6.33. The molecule has 1 N–H and O–H groups in total. The Morgan fingerprint density at radius 3 is 2.45 bits per heavy atom. The van der Waals surface area contributed by atoms with E-state index in [0.29, 0.717) is 5.54 Å². The van der Waals surface area contributed by atoms with Gasteiger partial charge < -0.3 is 9.73 Å². The standard InChI is InChI=1S/C17H20N2O/c1-2-15-16(20-10-18-15)6-14(1)19-17-7-11-3-12(8-17)5-13(4-11)9-17/h1-2,6,10-13,19H,3-5,7-9H2. The van der Waals surface area contributed by atoms with Crippen LogP contribution < -0.4 is 5.32 Å². The molecule has 4 bridgehead atoms. The first-order valence-electron chi connectivity index (χ1n) is 7.89. The first-order valence-corrected chi connectivity index (χ1v) is 7.89. The van der Waals surface area contributed by atoms with Crippen LogP contribution in [-0.2, 0) is 0 Å². The second kappa shape index (κ2) is 3.78. The van der Waals surface area contributed by atoms with E-state index in [1.165, 1.54) is 50.6 Å². The zero-order valence-electron chi connectivity index (χ0n) is 11.6. The normalized spacial score (nSPS) is 38.5. The number of anilines is 1. The summed E-state index contributed by atoms with van der Waals surface area (Å²) in [5.74, 6) is 2.92. The van der Waals surface area contributed by atoms with Crippen molar-refractivity contribution in [2.24, 2.45) is 17.8 Å². The fraction of sp³-hybridized carbons (Fsp3) is 0.588. The minimum Gasteiger partial charge on any atom is -0.443 e. The smallest absolute Gasteiger partial charge is 0.181 e. The topological polar surface area (TPSA) is 38.1 Å². The Morgan fingerprint density at radius 2 is 1.75 bits per heavy atom. The van der Waals surface area contributed by atoms with Crippen molar-refractivity contribution in [3.05, 3.63) is 24.6 Å². The number of hydrogen-bond acceptors (Lipinski definition) is 3. The highest BCUT2D eigenvalue weighted by molar-refractivity contribution is 5.76. The van der Waals surface area contributed by atoms with Crippen molar-refractivity contribution < 1.29 is 4.42 Å². The predicted octanol–water partition coefficient (Wildman–Crippen LogP) is 4.21. The van der Waals surface area contributed by atoms with E-state index in [9.17, 15) is 0 Å². The predicted molar refractivity (Wildman–Crippen MR) is 78.5 cm³/mol. The Hall–Kier alpha value is -1.51. The Bertz CT molecular complexity index is 625. The van der Waals surface area contributed by atoms with E-state index in [0.717, 1.165) is 28.9 Å². The fourth-order valence-electron chi connectivity index (χ4n) is 5.50. The molecule has 104 valence electrons. The van der Waals surface area contributed by atoms with Crippen molar-refractivity contribution >= 4 is 16.8 Å². The molecule has 4 fully saturated rings. The van der Waals surface area contributed by atoms with E-state index in [4.69, 9.17) is 4.42 Å². The number of benzene rings is 1. The Morgan fingerprint density at radius 1 is 1.05 bits per heavy atom. The first-order chi connectivity index (χ1) is 9.78. The summed E-state index contributed by atoms with van der Waals surface area (Å²) in [5.41, 5.74) is 3.40. The summed E-state index contributed by atoms with van der Waals surface area (Å²) in [6.45, 7) is 0. The maximum absolute atomic E-state index is 5.43. The molecule has 20 heavy (non-hydrogen) atoms. The number of nitrogens with zero attached hydrogens (tertiary/aromatic N) is 1. The van der Waals surface area contributed by atoms with Gasteiger partial charge in [-0.3, -0.25) is 0 Å². The highest BCUT2D eigenvalue weighted by Crippen LogP contribution is 2.56. The lowest BCUT2D eigenvalue weighted by atomic mass is 9.53. The van der Waals surface area contributed by atoms with Gasteiger partial charge in [-0.15, -0.1) is 0 Å². The molecule has 3 nitrogen and oxygen atoms in total. The number of aromatic nitrogens is 1. The lowest BCUT2D eigenvalue weighted by Gasteiger charge is -2.57. The molecule has 4 aliphatic carbocycles. The molecule has 0 amide bonds. The lowest BCUT2D eigenvalue weighted by molar-refractivity contribution is 0.0107. The highest BCUT2D eigenvalue weighted by Gasteiger charge is 2.50. The largest absolute Gasteiger partial charge is 0.443 e. The average molecular weight is 268 g/mol. The molecule has 0 unspecified atom stereocenters. The SMILES string of the molecule is c1nc2ccc(NC34CC5CC(CC(C5)C3)C4)cc2o1. The van der Waals surface area contributed by atoms with Gasteiger partial charge in [-0.05, 0) is 68.4 Å². The number of oxazole rings is 1. The Balaban J connectivity index is 1.48. The van der Waals surface area contributed by atoms with Gasteiger partial charge in [-0.2, -0.15) is 0 Å². The molecule has 4 saturated carbocycles. The van der Waals surface area contributed by atoms with E-state index in [-0.39, 0.29) is 0 Å². The Kier molecular flexibility index (Phi) is 2.11. The second-order valence-corrected chi connectivity index (χ2v) is 7.36. The molecule has 0 saturated heterocycles. The molecule has 1 aromatic carbocycles. The zero-order valence-corrected chi connectivity index (χ0v) is 11.6.